The minimum Gasteiger partial charge on any atom is -0.342 e. The van der Waals surface area contributed by atoms with Crippen LogP contribution in [0, 0.1) is 11.6 Å². The summed E-state index contributed by atoms with van der Waals surface area (Å²) < 4.78 is 27.4. The zero-order valence-corrected chi connectivity index (χ0v) is 14.6. The molecule has 0 atom stereocenters. The van der Waals surface area contributed by atoms with Gasteiger partial charge in [0.05, 0.1) is 5.69 Å². The first-order chi connectivity index (χ1) is 12.6. The summed E-state index contributed by atoms with van der Waals surface area (Å²) in [5, 5.41) is 0. The Morgan fingerprint density at radius 3 is 2.65 bits per heavy atom. The van der Waals surface area contributed by atoms with Gasteiger partial charge in [0.15, 0.2) is 11.6 Å². The molecular weight excluding hydrogens is 338 g/mol. The van der Waals surface area contributed by atoms with Gasteiger partial charge >= 0.3 is 0 Å². The number of nitrogens with one attached hydrogen (secondary N) is 1. The molecule has 0 unspecified atom stereocenters. The van der Waals surface area contributed by atoms with Gasteiger partial charge in [-0.1, -0.05) is 12.1 Å². The van der Waals surface area contributed by atoms with Gasteiger partial charge in [0.2, 0.25) is 5.95 Å². The van der Waals surface area contributed by atoms with Crippen molar-refractivity contribution in [2.45, 2.75) is 32.2 Å². The quantitative estimate of drug-likeness (QED) is 0.912. The summed E-state index contributed by atoms with van der Waals surface area (Å²) in [5.41, 5.74) is 1.82. The highest BCUT2D eigenvalue weighted by molar-refractivity contribution is 5.35. The summed E-state index contributed by atoms with van der Waals surface area (Å²) in [5.74, 6) is -0.952. The topological polar surface area (TPSA) is 52.2 Å². The molecule has 1 aromatic heterocycles. The lowest BCUT2D eigenvalue weighted by molar-refractivity contribution is 0.273. The maximum absolute atomic E-state index is 13.9. The summed E-state index contributed by atoms with van der Waals surface area (Å²) in [6, 6.07) is 4.25. The van der Waals surface area contributed by atoms with E-state index < -0.39 is 11.6 Å². The molecule has 2 aliphatic rings. The molecule has 5 nitrogen and oxygen atoms in total. The molecule has 26 heavy (non-hydrogen) atoms. The molecule has 1 saturated heterocycles. The Morgan fingerprint density at radius 2 is 1.85 bits per heavy atom. The van der Waals surface area contributed by atoms with Crippen molar-refractivity contribution in [3.05, 3.63) is 57.0 Å². The summed E-state index contributed by atoms with van der Waals surface area (Å²) in [6.45, 7) is 3.46. The van der Waals surface area contributed by atoms with E-state index in [4.69, 9.17) is 4.98 Å². The number of hydrogen-bond acceptors (Lipinski definition) is 4. The molecule has 138 valence electrons. The Kier molecular flexibility index (Phi) is 4.72. The van der Waals surface area contributed by atoms with E-state index in [1.165, 1.54) is 6.07 Å². The predicted octanol–water partition coefficient (Wildman–Crippen LogP) is 2.25. The van der Waals surface area contributed by atoms with Gasteiger partial charge in [-0.25, -0.2) is 13.8 Å². The summed E-state index contributed by atoms with van der Waals surface area (Å²) in [4.78, 5) is 24.3. The third-order valence-corrected chi connectivity index (χ3v) is 5.26. The molecule has 2 aromatic rings. The Hall–Kier alpha value is -2.28. The lowest BCUT2D eigenvalue weighted by atomic mass is 10.1. The Morgan fingerprint density at radius 1 is 1.08 bits per heavy atom. The second-order valence-corrected chi connectivity index (χ2v) is 7.00. The van der Waals surface area contributed by atoms with E-state index in [2.05, 4.69) is 14.8 Å². The second-order valence-electron chi connectivity index (χ2n) is 7.00. The lowest BCUT2D eigenvalue weighted by Gasteiger charge is -2.20. The summed E-state index contributed by atoms with van der Waals surface area (Å²) in [7, 11) is 0. The SMILES string of the molecule is O=c1[nH]c(N2CCCC2)nc2c1CCN(Cc1cccc(F)c1F)CC2. The fourth-order valence-electron chi connectivity index (χ4n) is 3.79. The van der Waals surface area contributed by atoms with E-state index in [1.54, 1.807) is 6.07 Å². The van der Waals surface area contributed by atoms with Crippen LogP contribution in [0.5, 0.6) is 0 Å². The van der Waals surface area contributed by atoms with E-state index >= 15 is 0 Å². The van der Waals surface area contributed by atoms with Crippen LogP contribution in [0.25, 0.3) is 0 Å². The van der Waals surface area contributed by atoms with Crippen LogP contribution in [0.1, 0.15) is 29.7 Å². The lowest BCUT2D eigenvalue weighted by Crippen LogP contribution is -2.27. The number of H-pyrrole nitrogens is 1. The highest BCUT2D eigenvalue weighted by atomic mass is 19.2. The standard InChI is InChI=1S/C19H22F2N4O/c20-15-5-3-4-13(17(15)21)12-24-10-6-14-16(7-11-24)22-19(23-18(14)26)25-8-1-2-9-25/h3-5H,1-2,6-12H2,(H,22,23,26). The molecule has 0 radical (unpaired) electrons. The van der Waals surface area contributed by atoms with Crippen molar-refractivity contribution in [3.8, 4) is 0 Å². The van der Waals surface area contributed by atoms with Gasteiger partial charge in [-0.2, -0.15) is 0 Å². The van der Waals surface area contributed by atoms with Crippen molar-refractivity contribution in [2.75, 3.05) is 31.1 Å². The highest BCUT2D eigenvalue weighted by Crippen LogP contribution is 2.19. The van der Waals surface area contributed by atoms with Crippen LogP contribution in [0.3, 0.4) is 0 Å². The largest absolute Gasteiger partial charge is 0.342 e. The van der Waals surface area contributed by atoms with E-state index in [0.717, 1.165) is 43.3 Å². The van der Waals surface area contributed by atoms with Gasteiger partial charge in [-0.05, 0) is 25.3 Å². The van der Waals surface area contributed by atoms with Crippen LogP contribution < -0.4 is 10.5 Å². The Balaban J connectivity index is 1.52. The number of nitrogens with zero attached hydrogens (tertiary/aromatic N) is 3. The van der Waals surface area contributed by atoms with Gasteiger partial charge in [0.1, 0.15) is 0 Å². The molecule has 7 heteroatoms. The van der Waals surface area contributed by atoms with Crippen molar-refractivity contribution in [3.63, 3.8) is 0 Å². The van der Waals surface area contributed by atoms with Crippen molar-refractivity contribution < 1.29 is 8.78 Å². The first-order valence-corrected chi connectivity index (χ1v) is 9.14. The maximum Gasteiger partial charge on any atom is 0.255 e. The van der Waals surface area contributed by atoms with Gasteiger partial charge in [0, 0.05) is 50.3 Å². The van der Waals surface area contributed by atoms with Crippen LogP contribution >= 0.6 is 0 Å². The van der Waals surface area contributed by atoms with E-state index in [9.17, 15) is 13.6 Å². The zero-order valence-electron chi connectivity index (χ0n) is 14.6. The molecule has 3 heterocycles. The first kappa shape index (κ1) is 17.1. The average molecular weight is 360 g/mol. The van der Waals surface area contributed by atoms with Gasteiger partial charge < -0.3 is 4.90 Å². The number of fused-ring (bicyclic) bond motifs is 1. The molecule has 1 N–H and O–H groups in total. The molecule has 0 aliphatic carbocycles. The number of aromatic nitrogens is 2. The molecule has 0 bridgehead atoms. The third kappa shape index (κ3) is 3.35. The molecule has 1 aromatic carbocycles. The third-order valence-electron chi connectivity index (χ3n) is 5.26. The normalized spacial score (nSPS) is 18.0. The Bertz CT molecular complexity index is 861. The molecule has 2 aliphatic heterocycles. The predicted molar refractivity (Wildman–Crippen MR) is 95.3 cm³/mol. The van der Waals surface area contributed by atoms with Crippen LogP contribution in [0.2, 0.25) is 0 Å². The van der Waals surface area contributed by atoms with E-state index in [-0.39, 0.29) is 5.56 Å². The molecule has 0 amide bonds. The number of benzene rings is 1. The highest BCUT2D eigenvalue weighted by Gasteiger charge is 2.22. The number of halogens is 2. The zero-order chi connectivity index (χ0) is 18.1. The van der Waals surface area contributed by atoms with Gasteiger partial charge in [-0.15, -0.1) is 0 Å². The van der Waals surface area contributed by atoms with Crippen LogP contribution in [-0.2, 0) is 19.4 Å². The van der Waals surface area contributed by atoms with Crippen molar-refractivity contribution in [1.29, 1.82) is 0 Å². The van der Waals surface area contributed by atoms with Gasteiger partial charge in [-0.3, -0.25) is 14.7 Å². The smallest absolute Gasteiger partial charge is 0.255 e. The van der Waals surface area contributed by atoms with Crippen LogP contribution in [-0.4, -0.2) is 41.0 Å². The molecular formula is C19H22F2N4O. The monoisotopic (exact) mass is 360 g/mol. The maximum atomic E-state index is 13.9. The minimum absolute atomic E-state index is 0.0734. The number of aromatic amines is 1. The molecule has 0 spiro atoms. The Labute approximate surface area is 150 Å². The molecule has 1 fully saturated rings. The minimum atomic E-state index is -0.825. The second kappa shape index (κ2) is 7.15. The summed E-state index contributed by atoms with van der Waals surface area (Å²) >= 11 is 0. The van der Waals surface area contributed by atoms with Crippen LogP contribution in [0.4, 0.5) is 14.7 Å². The first-order valence-electron chi connectivity index (χ1n) is 9.14. The van der Waals surface area contributed by atoms with Gasteiger partial charge in [0.25, 0.3) is 5.56 Å². The average Bonchev–Trinajstić information content (AvgIpc) is 3.09. The molecule has 4 rings (SSSR count). The van der Waals surface area contributed by atoms with E-state index in [1.807, 2.05) is 0 Å². The van der Waals surface area contributed by atoms with Crippen molar-refractivity contribution in [2.24, 2.45) is 0 Å². The number of rotatable bonds is 3. The summed E-state index contributed by atoms with van der Waals surface area (Å²) in [6.07, 6.45) is 3.44. The van der Waals surface area contributed by atoms with E-state index in [0.29, 0.717) is 44.0 Å². The fourth-order valence-corrected chi connectivity index (χ4v) is 3.79. The number of hydrogen-bond donors (Lipinski definition) is 1. The van der Waals surface area contributed by atoms with Crippen molar-refractivity contribution in [1.82, 2.24) is 14.9 Å². The van der Waals surface area contributed by atoms with Crippen molar-refractivity contribution >= 4 is 5.95 Å². The van der Waals surface area contributed by atoms with Crippen LogP contribution in [0.15, 0.2) is 23.0 Å². The number of anilines is 1. The fraction of sp³-hybridized carbons (Fsp3) is 0.474. The molecule has 0 saturated carbocycles.